The van der Waals surface area contributed by atoms with Crippen LogP contribution in [0.4, 0.5) is 32.0 Å². The number of hydrogen-bond donors (Lipinski definition) is 2. The lowest BCUT2D eigenvalue weighted by molar-refractivity contribution is -0.137. The third-order valence-electron chi connectivity index (χ3n) is 1.92. The van der Waals surface area contributed by atoms with Crippen LogP contribution in [0.5, 0.6) is 0 Å². The fourth-order valence-electron chi connectivity index (χ4n) is 1.10. The van der Waals surface area contributed by atoms with E-state index in [0.717, 1.165) is 0 Å². The molecule has 0 unspecified atom stereocenters. The van der Waals surface area contributed by atoms with Crippen LogP contribution in [-0.4, -0.2) is 25.2 Å². The lowest BCUT2D eigenvalue weighted by Gasteiger charge is -2.10. The van der Waals surface area contributed by atoms with Crippen molar-refractivity contribution in [2.45, 2.75) is 6.18 Å². The molecule has 0 aromatic heterocycles. The SMILES string of the molecule is O=C(CNc1cc(F)c(F)c(F)c1)NCC(F)(F)F. The van der Waals surface area contributed by atoms with Gasteiger partial charge in [-0.15, -0.1) is 0 Å². The Bertz CT molecular complexity index is 451. The quantitative estimate of drug-likeness (QED) is 0.658. The van der Waals surface area contributed by atoms with E-state index in [1.54, 1.807) is 5.32 Å². The fraction of sp³-hybridized carbons (Fsp3) is 0.300. The summed E-state index contributed by atoms with van der Waals surface area (Å²) in [4.78, 5) is 11.0. The minimum atomic E-state index is -4.55. The summed E-state index contributed by atoms with van der Waals surface area (Å²) in [5.74, 6) is -5.65. The minimum Gasteiger partial charge on any atom is -0.376 e. The summed E-state index contributed by atoms with van der Waals surface area (Å²) in [6, 6.07) is 1.16. The third kappa shape index (κ3) is 5.06. The predicted octanol–water partition coefficient (Wildman–Crippen LogP) is 2.19. The van der Waals surface area contributed by atoms with Gasteiger partial charge in [0.15, 0.2) is 17.5 Å². The van der Waals surface area contributed by atoms with Crippen LogP contribution in [0.2, 0.25) is 0 Å². The summed E-state index contributed by atoms with van der Waals surface area (Å²) in [6.07, 6.45) is -4.55. The molecule has 9 heteroatoms. The van der Waals surface area contributed by atoms with Gasteiger partial charge < -0.3 is 10.6 Å². The van der Waals surface area contributed by atoms with Crippen molar-refractivity contribution in [3.8, 4) is 0 Å². The molecular weight excluding hydrogens is 278 g/mol. The van der Waals surface area contributed by atoms with E-state index in [2.05, 4.69) is 5.32 Å². The first-order valence-corrected chi connectivity index (χ1v) is 4.91. The average molecular weight is 286 g/mol. The number of hydrogen-bond acceptors (Lipinski definition) is 2. The standard InChI is InChI=1S/C10H8F6N2O/c11-6-1-5(2-7(12)9(6)13)17-3-8(19)18-4-10(14,15)16/h1-2,17H,3-4H2,(H,18,19). The number of benzene rings is 1. The van der Waals surface area contributed by atoms with E-state index in [0.29, 0.717) is 12.1 Å². The van der Waals surface area contributed by atoms with E-state index in [9.17, 15) is 31.1 Å². The molecule has 1 amide bonds. The highest BCUT2D eigenvalue weighted by Gasteiger charge is 2.27. The van der Waals surface area contributed by atoms with Crippen LogP contribution >= 0.6 is 0 Å². The van der Waals surface area contributed by atoms with Gasteiger partial charge in [0.1, 0.15) is 6.54 Å². The summed E-state index contributed by atoms with van der Waals surface area (Å²) in [7, 11) is 0. The van der Waals surface area contributed by atoms with Gasteiger partial charge in [-0.3, -0.25) is 4.79 Å². The lowest BCUT2D eigenvalue weighted by atomic mass is 10.3. The van der Waals surface area contributed by atoms with Crippen LogP contribution in [0.3, 0.4) is 0 Å². The van der Waals surface area contributed by atoms with Gasteiger partial charge >= 0.3 is 6.18 Å². The molecule has 0 aliphatic rings. The van der Waals surface area contributed by atoms with Gasteiger partial charge in [0.05, 0.1) is 6.54 Å². The highest BCUT2D eigenvalue weighted by molar-refractivity contribution is 5.80. The van der Waals surface area contributed by atoms with E-state index in [1.807, 2.05) is 0 Å². The van der Waals surface area contributed by atoms with Crippen LogP contribution in [0.1, 0.15) is 0 Å². The number of amides is 1. The van der Waals surface area contributed by atoms with Crippen molar-refractivity contribution in [2.75, 3.05) is 18.4 Å². The zero-order chi connectivity index (χ0) is 14.6. The molecule has 0 spiro atoms. The second-order valence-corrected chi connectivity index (χ2v) is 3.50. The maximum Gasteiger partial charge on any atom is 0.405 e. The molecule has 1 rings (SSSR count). The maximum absolute atomic E-state index is 12.8. The Morgan fingerprint density at radius 2 is 1.63 bits per heavy atom. The minimum absolute atomic E-state index is 0.265. The molecule has 0 saturated heterocycles. The largest absolute Gasteiger partial charge is 0.405 e. The van der Waals surface area contributed by atoms with E-state index in [-0.39, 0.29) is 5.69 Å². The molecule has 19 heavy (non-hydrogen) atoms. The van der Waals surface area contributed by atoms with Crippen molar-refractivity contribution in [3.63, 3.8) is 0 Å². The van der Waals surface area contributed by atoms with Gasteiger partial charge in [0, 0.05) is 17.8 Å². The van der Waals surface area contributed by atoms with Crippen molar-refractivity contribution < 1.29 is 31.1 Å². The molecule has 1 aromatic rings. The molecule has 0 fully saturated rings. The zero-order valence-electron chi connectivity index (χ0n) is 9.24. The molecule has 0 aliphatic heterocycles. The van der Waals surface area contributed by atoms with Crippen molar-refractivity contribution in [1.82, 2.24) is 5.32 Å². The van der Waals surface area contributed by atoms with E-state index in [1.165, 1.54) is 0 Å². The van der Waals surface area contributed by atoms with E-state index < -0.39 is 42.6 Å². The molecule has 0 heterocycles. The number of nitrogens with one attached hydrogen (secondary N) is 2. The summed E-state index contributed by atoms with van der Waals surface area (Å²) in [6.45, 7) is -2.15. The number of carbonyl (C=O) groups excluding carboxylic acids is 1. The molecule has 2 N–H and O–H groups in total. The van der Waals surface area contributed by atoms with Crippen LogP contribution in [0, 0.1) is 17.5 Å². The second kappa shape index (κ2) is 5.81. The molecule has 0 radical (unpaired) electrons. The Labute approximate surface area is 103 Å². The molecule has 3 nitrogen and oxygen atoms in total. The van der Waals surface area contributed by atoms with Crippen LogP contribution in [-0.2, 0) is 4.79 Å². The van der Waals surface area contributed by atoms with Crippen LogP contribution in [0.15, 0.2) is 12.1 Å². The van der Waals surface area contributed by atoms with E-state index >= 15 is 0 Å². The number of anilines is 1. The Balaban J connectivity index is 2.51. The van der Waals surface area contributed by atoms with Gasteiger partial charge in [-0.25, -0.2) is 13.2 Å². The number of carbonyl (C=O) groups is 1. The summed E-state index contributed by atoms with van der Waals surface area (Å²) in [5, 5.41) is 3.71. The smallest absolute Gasteiger partial charge is 0.376 e. The first-order valence-electron chi connectivity index (χ1n) is 4.91. The molecule has 1 aromatic carbocycles. The van der Waals surface area contributed by atoms with Gasteiger partial charge in [0.25, 0.3) is 0 Å². The summed E-state index contributed by atoms with van der Waals surface area (Å²) >= 11 is 0. The molecular formula is C10H8F6N2O. The highest BCUT2D eigenvalue weighted by atomic mass is 19.4. The monoisotopic (exact) mass is 286 g/mol. The Kier molecular flexibility index (Phi) is 4.62. The number of alkyl halides is 3. The normalized spacial score (nSPS) is 11.3. The van der Waals surface area contributed by atoms with Crippen molar-refractivity contribution in [3.05, 3.63) is 29.6 Å². The van der Waals surface area contributed by atoms with Gasteiger partial charge in [-0.05, 0) is 0 Å². The lowest BCUT2D eigenvalue weighted by Crippen LogP contribution is -2.37. The maximum atomic E-state index is 12.8. The van der Waals surface area contributed by atoms with Gasteiger partial charge in [-0.2, -0.15) is 13.2 Å². The highest BCUT2D eigenvalue weighted by Crippen LogP contribution is 2.17. The first-order chi connectivity index (χ1) is 8.69. The Morgan fingerprint density at radius 1 is 1.11 bits per heavy atom. The Hall–Kier alpha value is -1.93. The molecule has 0 aliphatic carbocycles. The van der Waals surface area contributed by atoms with Crippen LogP contribution in [0.25, 0.3) is 0 Å². The predicted molar refractivity (Wildman–Crippen MR) is 53.9 cm³/mol. The molecule has 0 saturated carbocycles. The molecule has 0 atom stereocenters. The van der Waals surface area contributed by atoms with Crippen molar-refractivity contribution >= 4 is 11.6 Å². The molecule has 106 valence electrons. The first kappa shape index (κ1) is 15.1. The third-order valence-corrected chi connectivity index (χ3v) is 1.92. The fourth-order valence-corrected chi connectivity index (χ4v) is 1.10. The van der Waals surface area contributed by atoms with E-state index in [4.69, 9.17) is 0 Å². The Morgan fingerprint density at radius 3 is 2.11 bits per heavy atom. The molecule has 0 bridgehead atoms. The zero-order valence-corrected chi connectivity index (χ0v) is 9.24. The number of halogens is 6. The number of rotatable bonds is 4. The van der Waals surface area contributed by atoms with Crippen molar-refractivity contribution in [1.29, 1.82) is 0 Å². The van der Waals surface area contributed by atoms with Gasteiger partial charge in [0.2, 0.25) is 5.91 Å². The van der Waals surface area contributed by atoms with Gasteiger partial charge in [-0.1, -0.05) is 0 Å². The second-order valence-electron chi connectivity index (χ2n) is 3.50. The van der Waals surface area contributed by atoms with Crippen LogP contribution < -0.4 is 10.6 Å². The van der Waals surface area contributed by atoms with Crippen molar-refractivity contribution in [2.24, 2.45) is 0 Å². The summed E-state index contributed by atoms with van der Waals surface area (Å²) < 4.78 is 73.4. The average Bonchev–Trinajstić information content (AvgIpc) is 2.29. The summed E-state index contributed by atoms with van der Waals surface area (Å²) in [5.41, 5.74) is -0.265. The topological polar surface area (TPSA) is 41.1 Å².